The van der Waals surface area contributed by atoms with E-state index < -0.39 is 0 Å². The summed E-state index contributed by atoms with van der Waals surface area (Å²) in [5.41, 5.74) is 0.305. The monoisotopic (exact) mass is 252 g/mol. The minimum Gasteiger partial charge on any atom is -0.347 e. The maximum atomic E-state index is 13.6. The van der Waals surface area contributed by atoms with Gasteiger partial charge in [0.05, 0.1) is 5.56 Å². The summed E-state index contributed by atoms with van der Waals surface area (Å²) in [6, 6.07) is 6.27. The van der Waals surface area contributed by atoms with Crippen molar-refractivity contribution in [3.63, 3.8) is 0 Å². The highest BCUT2D eigenvalue weighted by atomic mass is 35.5. The molecule has 0 fully saturated rings. The van der Waals surface area contributed by atoms with Crippen LogP contribution in [0.3, 0.4) is 0 Å². The Balaban J connectivity index is 2.56. The molecule has 0 amide bonds. The van der Waals surface area contributed by atoms with Crippen molar-refractivity contribution in [2.45, 2.75) is 0 Å². The van der Waals surface area contributed by atoms with Crippen molar-refractivity contribution in [2.24, 2.45) is 0 Å². The fourth-order valence-electron chi connectivity index (χ4n) is 1.30. The standard InChI is InChI=1S/C11H10ClFN4/c1-17(2)11-15-9(14-10(12)16-11)7-5-3-4-6-8(7)13/h3-6H,1-2H3. The van der Waals surface area contributed by atoms with E-state index in [1.165, 1.54) is 6.07 Å². The summed E-state index contributed by atoms with van der Waals surface area (Å²) in [6.45, 7) is 0. The molecule has 0 aliphatic rings. The summed E-state index contributed by atoms with van der Waals surface area (Å²) < 4.78 is 13.6. The zero-order chi connectivity index (χ0) is 12.4. The zero-order valence-electron chi connectivity index (χ0n) is 9.35. The average Bonchev–Trinajstić information content (AvgIpc) is 2.28. The number of benzene rings is 1. The van der Waals surface area contributed by atoms with E-state index >= 15 is 0 Å². The molecule has 1 aromatic heterocycles. The minimum atomic E-state index is -0.389. The first-order valence-electron chi connectivity index (χ1n) is 4.91. The van der Waals surface area contributed by atoms with Crippen LogP contribution in [-0.4, -0.2) is 29.0 Å². The smallest absolute Gasteiger partial charge is 0.229 e. The normalized spacial score (nSPS) is 10.4. The van der Waals surface area contributed by atoms with E-state index in [-0.39, 0.29) is 16.9 Å². The molecule has 2 aromatic rings. The Morgan fingerprint density at radius 3 is 2.47 bits per heavy atom. The minimum absolute atomic E-state index is 0.0435. The van der Waals surface area contributed by atoms with Crippen molar-refractivity contribution < 1.29 is 4.39 Å². The van der Waals surface area contributed by atoms with Gasteiger partial charge in [0.1, 0.15) is 5.82 Å². The molecule has 0 unspecified atom stereocenters. The van der Waals surface area contributed by atoms with Crippen LogP contribution in [0.15, 0.2) is 24.3 Å². The molecule has 0 bridgehead atoms. The van der Waals surface area contributed by atoms with E-state index in [2.05, 4.69) is 15.0 Å². The van der Waals surface area contributed by atoms with Crippen molar-refractivity contribution in [1.29, 1.82) is 0 Å². The summed E-state index contributed by atoms with van der Waals surface area (Å²) in [4.78, 5) is 13.7. The molecule has 0 saturated carbocycles. The molecule has 0 saturated heterocycles. The number of aromatic nitrogens is 3. The maximum Gasteiger partial charge on any atom is 0.229 e. The second-order valence-corrected chi connectivity index (χ2v) is 3.94. The number of hydrogen-bond donors (Lipinski definition) is 0. The highest BCUT2D eigenvalue weighted by molar-refractivity contribution is 6.28. The number of halogens is 2. The van der Waals surface area contributed by atoms with Gasteiger partial charge < -0.3 is 4.90 Å². The number of hydrogen-bond acceptors (Lipinski definition) is 4. The Hall–Kier alpha value is -1.75. The van der Waals surface area contributed by atoms with E-state index in [0.29, 0.717) is 11.5 Å². The van der Waals surface area contributed by atoms with Gasteiger partial charge in [-0.2, -0.15) is 15.0 Å². The van der Waals surface area contributed by atoms with Gasteiger partial charge in [0, 0.05) is 14.1 Å². The van der Waals surface area contributed by atoms with Crippen LogP contribution in [0.5, 0.6) is 0 Å². The lowest BCUT2D eigenvalue weighted by Crippen LogP contribution is -2.14. The topological polar surface area (TPSA) is 41.9 Å². The predicted octanol–water partition coefficient (Wildman–Crippen LogP) is 2.40. The lowest BCUT2D eigenvalue weighted by molar-refractivity contribution is 0.630. The molecule has 0 spiro atoms. The molecule has 4 nitrogen and oxygen atoms in total. The quantitative estimate of drug-likeness (QED) is 0.823. The Morgan fingerprint density at radius 1 is 1.12 bits per heavy atom. The molecule has 1 heterocycles. The molecule has 6 heteroatoms. The molecule has 1 aromatic carbocycles. The first-order chi connectivity index (χ1) is 8.08. The lowest BCUT2D eigenvalue weighted by atomic mass is 10.2. The highest BCUT2D eigenvalue weighted by Crippen LogP contribution is 2.21. The number of nitrogens with zero attached hydrogens (tertiary/aromatic N) is 4. The van der Waals surface area contributed by atoms with Gasteiger partial charge in [-0.3, -0.25) is 0 Å². The molecular weight excluding hydrogens is 243 g/mol. The van der Waals surface area contributed by atoms with Gasteiger partial charge >= 0.3 is 0 Å². The third kappa shape index (κ3) is 2.50. The third-order valence-corrected chi connectivity index (χ3v) is 2.28. The van der Waals surface area contributed by atoms with Gasteiger partial charge in [0.15, 0.2) is 5.82 Å². The summed E-state index contributed by atoms with van der Waals surface area (Å²) in [5, 5.41) is 0.0435. The van der Waals surface area contributed by atoms with Gasteiger partial charge in [-0.25, -0.2) is 4.39 Å². The largest absolute Gasteiger partial charge is 0.347 e. The van der Waals surface area contributed by atoms with E-state index in [1.54, 1.807) is 37.2 Å². The predicted molar refractivity (Wildman–Crippen MR) is 64.6 cm³/mol. The van der Waals surface area contributed by atoms with Crippen molar-refractivity contribution in [3.8, 4) is 11.4 Å². The number of rotatable bonds is 2. The SMILES string of the molecule is CN(C)c1nc(Cl)nc(-c2ccccc2F)n1. The third-order valence-electron chi connectivity index (χ3n) is 2.11. The summed E-state index contributed by atoms with van der Waals surface area (Å²) >= 11 is 5.78. The van der Waals surface area contributed by atoms with E-state index in [4.69, 9.17) is 11.6 Å². The highest BCUT2D eigenvalue weighted by Gasteiger charge is 2.11. The second-order valence-electron chi connectivity index (χ2n) is 3.60. The Morgan fingerprint density at radius 2 is 1.82 bits per heavy atom. The van der Waals surface area contributed by atoms with Crippen LogP contribution in [0.4, 0.5) is 10.3 Å². The Labute approximate surface area is 103 Å². The van der Waals surface area contributed by atoms with Gasteiger partial charge in [-0.05, 0) is 23.7 Å². The zero-order valence-corrected chi connectivity index (χ0v) is 10.1. The molecular formula is C11H10ClFN4. The van der Waals surface area contributed by atoms with Crippen molar-refractivity contribution in [3.05, 3.63) is 35.4 Å². The van der Waals surface area contributed by atoms with Gasteiger partial charge in [0.25, 0.3) is 0 Å². The van der Waals surface area contributed by atoms with E-state index in [1.807, 2.05) is 0 Å². The van der Waals surface area contributed by atoms with Crippen LogP contribution in [-0.2, 0) is 0 Å². The van der Waals surface area contributed by atoms with Gasteiger partial charge in [0.2, 0.25) is 11.2 Å². The number of anilines is 1. The fourth-order valence-corrected chi connectivity index (χ4v) is 1.46. The molecule has 0 atom stereocenters. The molecule has 2 rings (SSSR count). The van der Waals surface area contributed by atoms with Crippen LogP contribution in [0.25, 0.3) is 11.4 Å². The summed E-state index contributed by atoms with van der Waals surface area (Å²) in [6.07, 6.45) is 0. The first kappa shape index (κ1) is 11.7. The fraction of sp³-hybridized carbons (Fsp3) is 0.182. The van der Waals surface area contributed by atoms with E-state index in [9.17, 15) is 4.39 Å². The molecule has 0 aliphatic heterocycles. The van der Waals surface area contributed by atoms with Crippen molar-refractivity contribution in [1.82, 2.24) is 15.0 Å². The van der Waals surface area contributed by atoms with Crippen LogP contribution in [0.1, 0.15) is 0 Å². The first-order valence-corrected chi connectivity index (χ1v) is 5.29. The summed E-state index contributed by atoms with van der Waals surface area (Å²) in [5.74, 6) is 0.231. The Kier molecular flexibility index (Phi) is 3.19. The average molecular weight is 253 g/mol. The van der Waals surface area contributed by atoms with Crippen molar-refractivity contribution in [2.75, 3.05) is 19.0 Å². The van der Waals surface area contributed by atoms with Crippen LogP contribution >= 0.6 is 11.6 Å². The second kappa shape index (κ2) is 4.63. The Bertz CT molecular complexity index is 545. The van der Waals surface area contributed by atoms with E-state index in [0.717, 1.165) is 0 Å². The lowest BCUT2D eigenvalue weighted by Gasteiger charge is -2.11. The molecule has 17 heavy (non-hydrogen) atoms. The van der Waals surface area contributed by atoms with Crippen LogP contribution in [0.2, 0.25) is 5.28 Å². The molecule has 88 valence electrons. The summed E-state index contributed by atoms with van der Waals surface area (Å²) in [7, 11) is 3.55. The maximum absolute atomic E-state index is 13.6. The van der Waals surface area contributed by atoms with Crippen LogP contribution in [0, 0.1) is 5.82 Å². The van der Waals surface area contributed by atoms with Gasteiger partial charge in [-0.15, -0.1) is 0 Å². The van der Waals surface area contributed by atoms with Gasteiger partial charge in [-0.1, -0.05) is 12.1 Å². The van der Waals surface area contributed by atoms with Crippen LogP contribution < -0.4 is 4.90 Å². The molecule has 0 radical (unpaired) electrons. The molecule has 0 aliphatic carbocycles. The van der Waals surface area contributed by atoms with Crippen molar-refractivity contribution >= 4 is 17.5 Å². The molecule has 0 N–H and O–H groups in total.